The molecule has 1 aromatic heterocycles. The molecule has 35 heavy (non-hydrogen) atoms. The molecule has 0 bridgehead atoms. The molecule has 0 radical (unpaired) electrons. The van der Waals surface area contributed by atoms with E-state index in [2.05, 4.69) is 20.9 Å². The maximum Gasteiger partial charge on any atom is 0.237 e. The number of hydrogen-bond donors (Lipinski definition) is 1. The summed E-state index contributed by atoms with van der Waals surface area (Å²) in [4.78, 5) is 14.3. The standard InChI is InChI=1S/C27H21Cl2N5O/c1-35-27-20(6-4-12-30-27)33-21-14-23-26(15-22(21)31-17-9-10-17)34(24-11-8-16(28)13-18(24)29)25-7-3-2-5-19(25)32-23/h2-8,11-15,17,33H,9-10H2,1H3/b31-22+. The molecule has 2 aromatic carbocycles. The van der Waals surface area contributed by atoms with Gasteiger partial charge in [-0.05, 0) is 67.4 Å². The summed E-state index contributed by atoms with van der Waals surface area (Å²) in [7, 11) is 1.61. The van der Waals surface area contributed by atoms with Crippen LogP contribution in [0.2, 0.25) is 10.0 Å². The molecular formula is C27H21Cl2N5O. The third-order valence-electron chi connectivity index (χ3n) is 5.95. The molecule has 0 amide bonds. The van der Waals surface area contributed by atoms with Gasteiger partial charge in [0.25, 0.3) is 0 Å². The fraction of sp³-hybridized carbons (Fsp3) is 0.148. The Hall–Kier alpha value is -3.61. The molecule has 0 spiro atoms. The zero-order valence-corrected chi connectivity index (χ0v) is 20.4. The Kier molecular flexibility index (Phi) is 5.55. The molecule has 8 heteroatoms. The average molecular weight is 502 g/mol. The van der Waals surface area contributed by atoms with Gasteiger partial charge in [0.1, 0.15) is 5.69 Å². The number of halogens is 2. The number of aromatic nitrogens is 3. The number of anilines is 2. The van der Waals surface area contributed by atoms with Crippen LogP contribution in [0.15, 0.2) is 77.9 Å². The summed E-state index contributed by atoms with van der Waals surface area (Å²) in [5.74, 6) is 0.513. The molecule has 0 atom stereocenters. The minimum Gasteiger partial charge on any atom is -0.480 e. The van der Waals surface area contributed by atoms with E-state index in [0.29, 0.717) is 22.0 Å². The van der Waals surface area contributed by atoms with Crippen molar-refractivity contribution in [2.75, 3.05) is 12.4 Å². The number of methoxy groups -OCH3 is 1. The summed E-state index contributed by atoms with van der Waals surface area (Å²) in [5, 5.41) is 5.46. The summed E-state index contributed by atoms with van der Waals surface area (Å²) in [6.07, 6.45) is 3.88. The number of fused-ring (bicyclic) bond motifs is 2. The molecule has 3 aromatic rings. The number of para-hydroxylation sites is 2. The van der Waals surface area contributed by atoms with Crippen molar-refractivity contribution in [1.29, 1.82) is 0 Å². The number of benzene rings is 3. The van der Waals surface area contributed by atoms with E-state index in [0.717, 1.165) is 57.7 Å². The highest BCUT2D eigenvalue weighted by Gasteiger charge is 2.22. The number of rotatable bonds is 5. The van der Waals surface area contributed by atoms with Gasteiger partial charge in [0.2, 0.25) is 5.88 Å². The van der Waals surface area contributed by atoms with Gasteiger partial charge in [-0.3, -0.25) is 4.99 Å². The van der Waals surface area contributed by atoms with Crippen LogP contribution in [0.3, 0.4) is 0 Å². The Morgan fingerprint density at radius 2 is 1.86 bits per heavy atom. The molecule has 1 N–H and O–H groups in total. The normalized spacial score (nSPS) is 14.0. The number of pyridine rings is 1. The molecule has 0 saturated heterocycles. The SMILES string of the molecule is COc1ncccc1Nc1cc2nc3ccccc3n(-c3ccc(Cl)cc3Cl)c-2c/c1=N\C1CC1. The second-order valence-corrected chi connectivity index (χ2v) is 9.28. The molecule has 1 saturated carbocycles. The highest BCUT2D eigenvalue weighted by Crippen LogP contribution is 2.35. The van der Waals surface area contributed by atoms with Crippen LogP contribution in [0.1, 0.15) is 12.8 Å². The summed E-state index contributed by atoms with van der Waals surface area (Å²) in [5.41, 5.74) is 5.92. The van der Waals surface area contributed by atoms with Gasteiger partial charge in [-0.15, -0.1) is 0 Å². The highest BCUT2D eigenvalue weighted by molar-refractivity contribution is 6.35. The van der Waals surface area contributed by atoms with Crippen molar-refractivity contribution in [3.8, 4) is 23.0 Å². The van der Waals surface area contributed by atoms with E-state index in [4.69, 9.17) is 37.9 Å². The van der Waals surface area contributed by atoms with E-state index < -0.39 is 0 Å². The van der Waals surface area contributed by atoms with Crippen LogP contribution in [-0.2, 0) is 0 Å². The third-order valence-corrected chi connectivity index (χ3v) is 6.49. The molecular weight excluding hydrogens is 481 g/mol. The quantitative estimate of drug-likeness (QED) is 0.274. The average Bonchev–Trinajstić information content (AvgIpc) is 3.68. The second kappa shape index (κ2) is 8.87. The van der Waals surface area contributed by atoms with Gasteiger partial charge in [-0.1, -0.05) is 35.3 Å². The van der Waals surface area contributed by atoms with E-state index in [9.17, 15) is 0 Å². The molecule has 1 fully saturated rings. The first kappa shape index (κ1) is 21.9. The number of nitrogens with zero attached hydrogens (tertiary/aromatic N) is 4. The molecule has 2 aliphatic carbocycles. The minimum absolute atomic E-state index is 0.324. The summed E-state index contributed by atoms with van der Waals surface area (Å²) < 4.78 is 7.57. The Morgan fingerprint density at radius 3 is 2.66 bits per heavy atom. The fourth-order valence-corrected chi connectivity index (χ4v) is 4.66. The van der Waals surface area contributed by atoms with Gasteiger partial charge in [0, 0.05) is 11.2 Å². The summed E-state index contributed by atoms with van der Waals surface area (Å²) in [6.45, 7) is 0. The number of ether oxygens (including phenoxy) is 1. The lowest BCUT2D eigenvalue weighted by Crippen LogP contribution is -2.16. The molecule has 6 nitrogen and oxygen atoms in total. The monoisotopic (exact) mass is 501 g/mol. The van der Waals surface area contributed by atoms with Gasteiger partial charge in [-0.2, -0.15) is 0 Å². The maximum absolute atomic E-state index is 6.69. The molecule has 2 heterocycles. The van der Waals surface area contributed by atoms with Crippen molar-refractivity contribution < 1.29 is 4.74 Å². The van der Waals surface area contributed by atoms with E-state index in [1.165, 1.54) is 0 Å². The van der Waals surface area contributed by atoms with E-state index >= 15 is 0 Å². The Labute approximate surface area is 212 Å². The van der Waals surface area contributed by atoms with Crippen LogP contribution in [0.25, 0.3) is 28.1 Å². The van der Waals surface area contributed by atoms with Crippen LogP contribution in [0, 0.1) is 0 Å². The van der Waals surface area contributed by atoms with Crippen molar-refractivity contribution in [2.45, 2.75) is 18.9 Å². The molecule has 3 aliphatic rings. The zero-order chi connectivity index (χ0) is 23.9. The molecule has 1 aliphatic heterocycles. The molecule has 174 valence electrons. The Bertz CT molecular complexity index is 1610. The Morgan fingerprint density at radius 1 is 1.00 bits per heavy atom. The van der Waals surface area contributed by atoms with Crippen LogP contribution < -0.4 is 15.4 Å². The van der Waals surface area contributed by atoms with Gasteiger partial charge in [0.15, 0.2) is 0 Å². The highest BCUT2D eigenvalue weighted by atomic mass is 35.5. The van der Waals surface area contributed by atoms with E-state index in [1.54, 1.807) is 19.4 Å². The van der Waals surface area contributed by atoms with Crippen molar-refractivity contribution >= 4 is 45.6 Å². The van der Waals surface area contributed by atoms with E-state index in [1.807, 2.05) is 54.6 Å². The lowest BCUT2D eigenvalue weighted by molar-refractivity contribution is 0.400. The lowest BCUT2D eigenvalue weighted by atomic mass is 10.1. The second-order valence-electron chi connectivity index (χ2n) is 8.44. The van der Waals surface area contributed by atoms with Gasteiger partial charge >= 0.3 is 0 Å². The minimum atomic E-state index is 0.324. The first-order valence-electron chi connectivity index (χ1n) is 11.3. The zero-order valence-electron chi connectivity index (χ0n) is 18.9. The first-order chi connectivity index (χ1) is 17.1. The predicted molar refractivity (Wildman–Crippen MR) is 140 cm³/mol. The van der Waals surface area contributed by atoms with Crippen molar-refractivity contribution in [2.24, 2.45) is 4.99 Å². The van der Waals surface area contributed by atoms with Crippen LogP contribution in [0.4, 0.5) is 11.4 Å². The smallest absolute Gasteiger partial charge is 0.237 e. The van der Waals surface area contributed by atoms with Gasteiger partial charge in [-0.25, -0.2) is 9.97 Å². The van der Waals surface area contributed by atoms with Crippen molar-refractivity contribution in [3.63, 3.8) is 0 Å². The van der Waals surface area contributed by atoms with Crippen LogP contribution >= 0.6 is 23.2 Å². The van der Waals surface area contributed by atoms with Gasteiger partial charge < -0.3 is 14.6 Å². The number of nitrogens with one attached hydrogen (secondary N) is 1. The summed E-state index contributed by atoms with van der Waals surface area (Å²) in [6, 6.07) is 21.8. The fourth-order valence-electron chi connectivity index (χ4n) is 4.16. The van der Waals surface area contributed by atoms with E-state index in [-0.39, 0.29) is 0 Å². The third kappa shape index (κ3) is 4.20. The number of hydrogen-bond acceptors (Lipinski definition) is 5. The van der Waals surface area contributed by atoms with Crippen LogP contribution in [0.5, 0.6) is 5.88 Å². The maximum atomic E-state index is 6.69. The molecule has 6 rings (SSSR count). The van der Waals surface area contributed by atoms with Gasteiger partial charge in [0.05, 0.1) is 57.3 Å². The van der Waals surface area contributed by atoms with Crippen molar-refractivity contribution in [3.05, 3.63) is 88.3 Å². The van der Waals surface area contributed by atoms with Crippen LogP contribution in [-0.4, -0.2) is 27.7 Å². The lowest BCUT2D eigenvalue weighted by Gasteiger charge is -2.21. The first-order valence-corrected chi connectivity index (χ1v) is 12.1. The largest absolute Gasteiger partial charge is 0.480 e. The Balaban J connectivity index is 1.65. The molecule has 0 unspecified atom stereocenters. The van der Waals surface area contributed by atoms with Crippen molar-refractivity contribution in [1.82, 2.24) is 14.5 Å². The predicted octanol–water partition coefficient (Wildman–Crippen LogP) is 6.65. The summed E-state index contributed by atoms with van der Waals surface area (Å²) >= 11 is 12.9. The topological polar surface area (TPSA) is 64.3 Å².